The summed E-state index contributed by atoms with van der Waals surface area (Å²) in [5.41, 5.74) is 7.50. The van der Waals surface area contributed by atoms with E-state index in [0.29, 0.717) is 0 Å². The van der Waals surface area contributed by atoms with Gasteiger partial charge in [0.1, 0.15) is 0 Å². The number of hydrogen-bond donors (Lipinski definition) is 1. The third kappa shape index (κ3) is 1.56. The van der Waals surface area contributed by atoms with Gasteiger partial charge in [0.15, 0.2) is 11.0 Å². The molecule has 2 aromatic rings. The lowest BCUT2D eigenvalue weighted by molar-refractivity contribution is 0.754. The molecule has 2 N–H and O–H groups in total. The lowest BCUT2D eigenvalue weighted by Crippen LogP contribution is -1.98. The van der Waals surface area contributed by atoms with Gasteiger partial charge in [0, 0.05) is 0 Å². The first-order valence-electron chi connectivity index (χ1n) is 4.12. The highest BCUT2D eigenvalue weighted by Crippen LogP contribution is 2.14. The molecular weight excluding hydrogens is 200 g/mol. The van der Waals surface area contributed by atoms with Crippen LogP contribution in [0.25, 0.3) is 5.69 Å². The zero-order valence-corrected chi connectivity index (χ0v) is 8.36. The van der Waals surface area contributed by atoms with Gasteiger partial charge in [0.25, 0.3) is 0 Å². The Morgan fingerprint density at radius 2 is 1.86 bits per heavy atom. The number of anilines is 1. The van der Waals surface area contributed by atoms with Gasteiger partial charge in [-0.1, -0.05) is 29.3 Å². The second kappa shape index (κ2) is 3.31. The summed E-state index contributed by atoms with van der Waals surface area (Å²) in [5, 5.41) is 8.15. The number of hydrogen-bond acceptors (Lipinski definition) is 3. The Kier molecular flexibility index (Phi) is 2.13. The normalized spacial score (nSPS) is 10.4. The molecule has 2 rings (SSSR count). The van der Waals surface area contributed by atoms with Gasteiger partial charge in [0.05, 0.1) is 5.69 Å². The van der Waals surface area contributed by atoms with E-state index in [1.54, 1.807) is 0 Å². The molecule has 4 nitrogen and oxygen atoms in total. The van der Waals surface area contributed by atoms with Gasteiger partial charge >= 0.3 is 0 Å². The molecule has 0 saturated carbocycles. The number of aryl methyl sites for hydroxylation is 1. The van der Waals surface area contributed by atoms with Gasteiger partial charge < -0.3 is 5.73 Å². The van der Waals surface area contributed by atoms with Crippen molar-refractivity contribution >= 4 is 17.4 Å². The Morgan fingerprint density at radius 1 is 1.21 bits per heavy atom. The maximum Gasteiger partial charge on any atom is 0.195 e. The fourth-order valence-electron chi connectivity index (χ4n) is 1.09. The predicted octanol–water partition coefficient (Wildman–Crippen LogP) is 1.81. The van der Waals surface area contributed by atoms with Crippen LogP contribution in [0.2, 0.25) is 5.15 Å². The third-order valence-corrected chi connectivity index (χ3v) is 2.13. The van der Waals surface area contributed by atoms with Crippen LogP contribution in [0.1, 0.15) is 5.56 Å². The van der Waals surface area contributed by atoms with Crippen LogP contribution in [-0.4, -0.2) is 15.0 Å². The van der Waals surface area contributed by atoms with Crippen molar-refractivity contribution in [1.29, 1.82) is 0 Å². The fraction of sp³-hybridized carbons (Fsp3) is 0.111. The molecule has 1 aromatic heterocycles. The van der Waals surface area contributed by atoms with Gasteiger partial charge in [-0.15, -0.1) is 15.0 Å². The Hall–Kier alpha value is -1.55. The summed E-state index contributed by atoms with van der Waals surface area (Å²) in [6.07, 6.45) is 0. The Bertz CT molecular complexity index is 427. The van der Waals surface area contributed by atoms with Crippen LogP contribution in [-0.2, 0) is 0 Å². The van der Waals surface area contributed by atoms with E-state index in [2.05, 4.69) is 10.2 Å². The monoisotopic (exact) mass is 208 g/mol. The summed E-state index contributed by atoms with van der Waals surface area (Å²) in [5.74, 6) is 0.243. The summed E-state index contributed by atoms with van der Waals surface area (Å²) < 4.78 is 0. The molecule has 0 atom stereocenters. The Morgan fingerprint density at radius 3 is 2.36 bits per heavy atom. The smallest absolute Gasteiger partial charge is 0.195 e. The zero-order chi connectivity index (χ0) is 10.1. The highest BCUT2D eigenvalue weighted by Gasteiger charge is 2.05. The van der Waals surface area contributed by atoms with Gasteiger partial charge in [-0.25, -0.2) is 0 Å². The van der Waals surface area contributed by atoms with Crippen molar-refractivity contribution in [3.63, 3.8) is 0 Å². The molecule has 0 saturated heterocycles. The van der Waals surface area contributed by atoms with E-state index in [9.17, 15) is 0 Å². The van der Waals surface area contributed by atoms with E-state index in [1.165, 1.54) is 10.4 Å². The van der Waals surface area contributed by atoms with Crippen LogP contribution >= 0.6 is 11.6 Å². The average Bonchev–Trinajstić information content (AvgIpc) is 2.48. The van der Waals surface area contributed by atoms with Crippen LogP contribution in [0.4, 0.5) is 5.82 Å². The average molecular weight is 209 g/mol. The molecule has 0 aliphatic heterocycles. The van der Waals surface area contributed by atoms with Crippen molar-refractivity contribution in [1.82, 2.24) is 15.0 Å². The van der Waals surface area contributed by atoms with Crippen LogP contribution in [0.3, 0.4) is 0 Å². The first-order valence-corrected chi connectivity index (χ1v) is 4.50. The van der Waals surface area contributed by atoms with Crippen LogP contribution < -0.4 is 5.73 Å². The number of rotatable bonds is 1. The molecule has 0 aliphatic carbocycles. The standard InChI is InChI=1S/C9H9ClN4/c1-6-2-4-7(5-3-6)14-12-8(10)9(11)13-14/h2-5H,1H3,(H2,11,13). The molecule has 0 fully saturated rings. The van der Waals surface area contributed by atoms with Crippen LogP contribution in [0, 0.1) is 6.92 Å². The second-order valence-corrected chi connectivity index (χ2v) is 3.36. The molecule has 1 aromatic carbocycles. The maximum absolute atomic E-state index is 5.69. The minimum absolute atomic E-state index is 0.227. The minimum atomic E-state index is 0.227. The van der Waals surface area contributed by atoms with E-state index < -0.39 is 0 Å². The third-order valence-electron chi connectivity index (χ3n) is 1.86. The molecule has 14 heavy (non-hydrogen) atoms. The fourth-order valence-corrected chi connectivity index (χ4v) is 1.20. The van der Waals surface area contributed by atoms with Crippen molar-refractivity contribution in [3.8, 4) is 5.69 Å². The molecule has 0 spiro atoms. The first-order chi connectivity index (χ1) is 6.66. The van der Waals surface area contributed by atoms with Crippen molar-refractivity contribution in [2.75, 3.05) is 5.73 Å². The molecule has 1 heterocycles. The van der Waals surface area contributed by atoms with Crippen LogP contribution in [0.5, 0.6) is 0 Å². The van der Waals surface area contributed by atoms with E-state index >= 15 is 0 Å². The van der Waals surface area contributed by atoms with E-state index in [-0.39, 0.29) is 11.0 Å². The number of aromatic nitrogens is 3. The van der Waals surface area contributed by atoms with Crippen molar-refractivity contribution < 1.29 is 0 Å². The Labute approximate surface area is 86.3 Å². The minimum Gasteiger partial charge on any atom is -0.380 e. The molecule has 5 heteroatoms. The summed E-state index contributed by atoms with van der Waals surface area (Å²) >= 11 is 5.69. The van der Waals surface area contributed by atoms with Crippen LogP contribution in [0.15, 0.2) is 24.3 Å². The quantitative estimate of drug-likeness (QED) is 0.778. The molecule has 72 valence electrons. The molecule has 0 unspecified atom stereocenters. The van der Waals surface area contributed by atoms with Crippen molar-refractivity contribution in [2.45, 2.75) is 6.92 Å². The highest BCUT2D eigenvalue weighted by atomic mass is 35.5. The number of nitrogen functional groups attached to an aromatic ring is 1. The van der Waals surface area contributed by atoms with Gasteiger partial charge in [-0.2, -0.15) is 0 Å². The predicted molar refractivity (Wildman–Crippen MR) is 55.5 cm³/mol. The molecular formula is C9H9ClN4. The number of benzene rings is 1. The van der Waals surface area contributed by atoms with E-state index in [0.717, 1.165) is 5.69 Å². The lowest BCUT2D eigenvalue weighted by atomic mass is 10.2. The summed E-state index contributed by atoms with van der Waals surface area (Å²) in [6, 6.07) is 7.77. The molecule has 0 radical (unpaired) electrons. The molecule has 0 bridgehead atoms. The number of nitrogens with two attached hydrogens (primary N) is 1. The topological polar surface area (TPSA) is 56.7 Å². The van der Waals surface area contributed by atoms with Gasteiger partial charge in [-0.3, -0.25) is 0 Å². The highest BCUT2D eigenvalue weighted by molar-refractivity contribution is 6.31. The summed E-state index contributed by atoms with van der Waals surface area (Å²) in [4.78, 5) is 1.41. The van der Waals surface area contributed by atoms with Crippen molar-refractivity contribution in [3.05, 3.63) is 35.0 Å². The van der Waals surface area contributed by atoms with E-state index in [4.69, 9.17) is 17.3 Å². The Balaban J connectivity index is 2.44. The molecule has 0 amide bonds. The number of nitrogens with zero attached hydrogens (tertiary/aromatic N) is 3. The summed E-state index contributed by atoms with van der Waals surface area (Å²) in [7, 11) is 0. The lowest BCUT2D eigenvalue weighted by Gasteiger charge is -1.98. The van der Waals surface area contributed by atoms with Gasteiger partial charge in [0.2, 0.25) is 0 Å². The molecule has 0 aliphatic rings. The SMILES string of the molecule is Cc1ccc(-n2nc(N)c(Cl)n2)cc1. The van der Waals surface area contributed by atoms with E-state index in [1.807, 2.05) is 31.2 Å². The number of halogens is 1. The maximum atomic E-state index is 5.69. The zero-order valence-electron chi connectivity index (χ0n) is 7.61. The first kappa shape index (κ1) is 9.02. The second-order valence-electron chi connectivity index (χ2n) is 3.00. The summed E-state index contributed by atoms with van der Waals surface area (Å²) in [6.45, 7) is 2.02. The largest absolute Gasteiger partial charge is 0.380 e. The van der Waals surface area contributed by atoms with Gasteiger partial charge in [-0.05, 0) is 19.1 Å². The van der Waals surface area contributed by atoms with Crippen molar-refractivity contribution in [2.24, 2.45) is 0 Å².